The Morgan fingerprint density at radius 2 is 2.23 bits per heavy atom. The summed E-state index contributed by atoms with van der Waals surface area (Å²) >= 11 is 1.33. The largest absolute Gasteiger partial charge is 0.494 e. The second-order valence-electron chi connectivity index (χ2n) is 5.23. The second kappa shape index (κ2) is 7.31. The van der Waals surface area contributed by atoms with E-state index >= 15 is 0 Å². The minimum Gasteiger partial charge on any atom is -0.494 e. The van der Waals surface area contributed by atoms with Gasteiger partial charge >= 0.3 is 0 Å². The number of hydrogen-bond acceptors (Lipinski definition) is 7. The number of benzene rings is 1. The lowest BCUT2D eigenvalue weighted by molar-refractivity contribution is -0.384. The molecule has 0 bridgehead atoms. The second-order valence-corrected chi connectivity index (χ2v) is 6.13. The van der Waals surface area contributed by atoms with Crippen LogP contribution in [0, 0.1) is 10.1 Å². The van der Waals surface area contributed by atoms with E-state index in [1.54, 1.807) is 18.4 Å². The third-order valence-corrected chi connectivity index (χ3v) is 4.34. The molecule has 0 aliphatic carbocycles. The number of amides is 1. The number of hydrogen-bond donors (Lipinski definition) is 1. The Balaban J connectivity index is 1.82. The summed E-state index contributed by atoms with van der Waals surface area (Å²) in [6.45, 7) is 1.82. The van der Waals surface area contributed by atoms with Crippen LogP contribution in [0.5, 0.6) is 5.75 Å². The van der Waals surface area contributed by atoms with E-state index in [4.69, 9.17) is 4.74 Å². The fourth-order valence-corrected chi connectivity index (χ4v) is 3.10. The zero-order valence-electron chi connectivity index (χ0n) is 13.7. The van der Waals surface area contributed by atoms with Gasteiger partial charge in [-0.15, -0.1) is 11.3 Å². The van der Waals surface area contributed by atoms with Gasteiger partial charge in [-0.05, 0) is 30.5 Å². The zero-order chi connectivity index (χ0) is 18.7. The number of rotatable bonds is 6. The summed E-state index contributed by atoms with van der Waals surface area (Å²) in [7, 11) is 0. The van der Waals surface area contributed by atoms with E-state index in [-0.39, 0.29) is 23.5 Å². The van der Waals surface area contributed by atoms with Gasteiger partial charge in [-0.3, -0.25) is 24.3 Å². The minimum atomic E-state index is -0.608. The van der Waals surface area contributed by atoms with Crippen LogP contribution < -0.4 is 15.6 Å². The quantitative estimate of drug-likeness (QED) is 0.523. The molecular formula is C16H14N4O5S. The molecule has 0 saturated heterocycles. The molecule has 9 nitrogen and oxygen atoms in total. The van der Waals surface area contributed by atoms with Crippen molar-refractivity contribution in [2.75, 3.05) is 11.9 Å². The maximum Gasteiger partial charge on any atom is 0.296 e. The molecule has 0 radical (unpaired) electrons. The molecule has 0 aliphatic heterocycles. The number of nitrogens with zero attached hydrogens (tertiary/aromatic N) is 3. The van der Waals surface area contributed by atoms with Crippen LogP contribution in [0.25, 0.3) is 10.2 Å². The maximum absolute atomic E-state index is 12.3. The average Bonchev–Trinajstić information content (AvgIpc) is 3.08. The van der Waals surface area contributed by atoms with Crippen molar-refractivity contribution in [2.45, 2.75) is 13.5 Å². The Hall–Kier alpha value is -3.27. The van der Waals surface area contributed by atoms with Gasteiger partial charge in [0.25, 0.3) is 11.2 Å². The van der Waals surface area contributed by atoms with Crippen LogP contribution in [0.3, 0.4) is 0 Å². The number of nitrogens with one attached hydrogen (secondary N) is 1. The number of aromatic nitrogens is 2. The highest BCUT2D eigenvalue weighted by atomic mass is 32.1. The van der Waals surface area contributed by atoms with Crippen LogP contribution in [0.2, 0.25) is 0 Å². The smallest absolute Gasteiger partial charge is 0.296 e. The molecule has 26 heavy (non-hydrogen) atoms. The first-order valence-corrected chi connectivity index (χ1v) is 8.51. The van der Waals surface area contributed by atoms with Gasteiger partial charge < -0.3 is 10.1 Å². The Morgan fingerprint density at radius 3 is 2.96 bits per heavy atom. The lowest BCUT2D eigenvalue weighted by Gasteiger charge is -2.09. The molecule has 0 atom stereocenters. The minimum absolute atomic E-state index is 0.0288. The number of thiophene rings is 1. The van der Waals surface area contributed by atoms with Crippen LogP contribution in [0.1, 0.15) is 6.92 Å². The molecular weight excluding hydrogens is 360 g/mol. The average molecular weight is 374 g/mol. The highest BCUT2D eigenvalue weighted by molar-refractivity contribution is 7.16. The van der Waals surface area contributed by atoms with Crippen molar-refractivity contribution in [1.29, 1.82) is 0 Å². The van der Waals surface area contributed by atoms with Gasteiger partial charge in [-0.1, -0.05) is 0 Å². The number of fused-ring (bicyclic) bond motifs is 1. The molecule has 0 aliphatic rings. The van der Waals surface area contributed by atoms with Crippen LogP contribution in [0.15, 0.2) is 40.8 Å². The molecule has 2 heterocycles. The molecule has 0 unspecified atom stereocenters. The van der Waals surface area contributed by atoms with Crippen molar-refractivity contribution in [3.8, 4) is 5.75 Å². The summed E-state index contributed by atoms with van der Waals surface area (Å²) in [5.74, 6) is -0.240. The molecule has 1 aromatic carbocycles. The van der Waals surface area contributed by atoms with E-state index in [2.05, 4.69) is 10.3 Å². The molecule has 3 aromatic rings. The van der Waals surface area contributed by atoms with E-state index in [9.17, 15) is 19.7 Å². The monoisotopic (exact) mass is 374 g/mol. The highest BCUT2D eigenvalue weighted by Gasteiger charge is 2.18. The Labute approximate surface area is 151 Å². The van der Waals surface area contributed by atoms with Crippen LogP contribution in [0.4, 0.5) is 11.4 Å². The van der Waals surface area contributed by atoms with E-state index in [0.717, 1.165) is 4.57 Å². The lowest BCUT2D eigenvalue weighted by Crippen LogP contribution is -2.27. The predicted octanol–water partition coefficient (Wildman–Crippen LogP) is 2.40. The van der Waals surface area contributed by atoms with Crippen molar-refractivity contribution < 1.29 is 14.5 Å². The van der Waals surface area contributed by atoms with E-state index < -0.39 is 10.8 Å². The van der Waals surface area contributed by atoms with Crippen LogP contribution in [-0.4, -0.2) is 27.0 Å². The zero-order valence-corrected chi connectivity index (χ0v) is 14.5. The molecule has 0 spiro atoms. The molecule has 134 valence electrons. The van der Waals surface area contributed by atoms with E-state index in [1.165, 1.54) is 35.9 Å². The normalized spacial score (nSPS) is 10.7. The Bertz CT molecular complexity index is 1040. The summed E-state index contributed by atoms with van der Waals surface area (Å²) < 4.78 is 6.39. The first-order chi connectivity index (χ1) is 12.5. The van der Waals surface area contributed by atoms with Crippen molar-refractivity contribution >= 4 is 38.8 Å². The molecule has 10 heteroatoms. The van der Waals surface area contributed by atoms with Gasteiger partial charge in [0.1, 0.15) is 22.8 Å². The first-order valence-electron chi connectivity index (χ1n) is 7.63. The van der Waals surface area contributed by atoms with Gasteiger partial charge in [0, 0.05) is 0 Å². The third-order valence-electron chi connectivity index (χ3n) is 3.52. The number of carbonyl (C=O) groups excluding carboxylic acids is 1. The summed E-state index contributed by atoms with van der Waals surface area (Å²) in [4.78, 5) is 39.9. The Kier molecular flexibility index (Phi) is 4.94. The summed E-state index contributed by atoms with van der Waals surface area (Å²) in [6, 6.07) is 5.80. The summed E-state index contributed by atoms with van der Waals surface area (Å²) in [6.07, 6.45) is 1.29. The molecule has 0 fully saturated rings. The van der Waals surface area contributed by atoms with Gasteiger partial charge in [-0.2, -0.15) is 0 Å². The fourth-order valence-electron chi connectivity index (χ4n) is 2.38. The number of nitro benzene ring substituents is 1. The van der Waals surface area contributed by atoms with Crippen molar-refractivity contribution in [3.63, 3.8) is 0 Å². The number of anilines is 1. The first kappa shape index (κ1) is 17.5. The predicted molar refractivity (Wildman–Crippen MR) is 96.8 cm³/mol. The number of carbonyl (C=O) groups is 1. The van der Waals surface area contributed by atoms with E-state index in [0.29, 0.717) is 22.6 Å². The fraction of sp³-hybridized carbons (Fsp3) is 0.188. The molecule has 1 N–H and O–H groups in total. The summed E-state index contributed by atoms with van der Waals surface area (Å²) in [5, 5.41) is 15.9. The lowest BCUT2D eigenvalue weighted by atomic mass is 10.2. The van der Waals surface area contributed by atoms with Gasteiger partial charge in [0.15, 0.2) is 0 Å². The van der Waals surface area contributed by atoms with Crippen molar-refractivity contribution in [1.82, 2.24) is 9.55 Å². The topological polar surface area (TPSA) is 116 Å². The van der Waals surface area contributed by atoms with Gasteiger partial charge in [0.05, 0.1) is 29.3 Å². The molecule has 3 rings (SSSR count). The standard InChI is InChI=1S/C16H14N4O5S/c1-2-25-10-3-4-12(13(7-10)20(23)24)18-14(21)8-19-9-17-15-11(16(19)22)5-6-26-15/h3-7,9H,2,8H2,1H3,(H,18,21). The number of ether oxygens (including phenoxy) is 1. The maximum atomic E-state index is 12.3. The van der Waals surface area contributed by atoms with Crippen molar-refractivity contribution in [3.05, 3.63) is 56.4 Å². The number of nitro groups is 1. The SMILES string of the molecule is CCOc1ccc(NC(=O)Cn2cnc3sccc3c2=O)c([N+](=O)[O-])c1. The van der Waals surface area contributed by atoms with Crippen molar-refractivity contribution in [2.24, 2.45) is 0 Å². The molecule has 0 saturated carbocycles. The van der Waals surface area contributed by atoms with Crippen LogP contribution in [-0.2, 0) is 11.3 Å². The molecule has 2 aromatic heterocycles. The third kappa shape index (κ3) is 3.54. The summed E-state index contributed by atoms with van der Waals surface area (Å²) in [5.41, 5.74) is -0.600. The highest BCUT2D eigenvalue weighted by Crippen LogP contribution is 2.29. The van der Waals surface area contributed by atoms with Gasteiger partial charge in [-0.25, -0.2) is 4.98 Å². The van der Waals surface area contributed by atoms with E-state index in [1.807, 2.05) is 0 Å². The molecule has 1 amide bonds. The van der Waals surface area contributed by atoms with Crippen LogP contribution >= 0.6 is 11.3 Å². The Morgan fingerprint density at radius 1 is 1.42 bits per heavy atom. The van der Waals surface area contributed by atoms with Gasteiger partial charge in [0.2, 0.25) is 5.91 Å².